The first kappa shape index (κ1) is 12.7. The Morgan fingerprint density at radius 2 is 1.88 bits per heavy atom. The number of nitrogens with one attached hydrogen (secondary N) is 1. The van der Waals surface area contributed by atoms with Crippen molar-refractivity contribution < 1.29 is 9.90 Å². The molecule has 0 radical (unpaired) electrons. The second-order valence-corrected chi connectivity index (χ2v) is 5.12. The highest BCUT2D eigenvalue weighted by molar-refractivity contribution is 5.75. The third-order valence-electron chi connectivity index (χ3n) is 2.22. The van der Waals surface area contributed by atoms with Crippen LogP contribution in [0, 0.1) is 5.41 Å². The van der Waals surface area contributed by atoms with Crippen LogP contribution in [0.3, 0.4) is 0 Å². The minimum Gasteiger partial charge on any atom is -0.480 e. The van der Waals surface area contributed by atoms with Gasteiger partial charge in [0.15, 0.2) is 0 Å². The molecular formula is C13H19NO2. The highest BCUT2D eigenvalue weighted by Gasteiger charge is 2.21. The molecule has 1 aromatic carbocycles. The molecule has 3 nitrogen and oxygen atoms in total. The molecule has 88 valence electrons. The Hall–Kier alpha value is -1.35. The van der Waals surface area contributed by atoms with Crippen molar-refractivity contribution >= 4 is 5.97 Å². The highest BCUT2D eigenvalue weighted by atomic mass is 16.4. The second kappa shape index (κ2) is 5.12. The summed E-state index contributed by atoms with van der Waals surface area (Å²) in [6, 6.07) is 8.61. The number of hydrogen-bond acceptors (Lipinski definition) is 2. The maximum atomic E-state index is 11.2. The minimum absolute atomic E-state index is 0.0719. The maximum absolute atomic E-state index is 11.2. The van der Waals surface area contributed by atoms with Crippen LogP contribution in [-0.4, -0.2) is 17.6 Å². The number of rotatable bonds is 4. The normalized spacial score (nSPS) is 13.4. The summed E-state index contributed by atoms with van der Waals surface area (Å²) in [5.74, 6) is -0.838. The molecule has 1 rings (SSSR count). The summed E-state index contributed by atoms with van der Waals surface area (Å²) in [7, 11) is 0. The average Bonchev–Trinajstić information content (AvgIpc) is 2.17. The van der Waals surface area contributed by atoms with E-state index in [2.05, 4.69) is 26.1 Å². The number of carbonyl (C=O) groups is 1. The summed E-state index contributed by atoms with van der Waals surface area (Å²) in [4.78, 5) is 11.2. The predicted molar refractivity (Wildman–Crippen MR) is 64.3 cm³/mol. The summed E-state index contributed by atoms with van der Waals surface area (Å²) in [6.07, 6.45) is 0. The second-order valence-electron chi connectivity index (χ2n) is 5.12. The topological polar surface area (TPSA) is 49.3 Å². The largest absolute Gasteiger partial charge is 0.480 e. The molecule has 2 N–H and O–H groups in total. The van der Waals surface area contributed by atoms with Crippen LogP contribution < -0.4 is 5.32 Å². The smallest absolute Gasteiger partial charge is 0.325 e. The average molecular weight is 221 g/mol. The van der Waals surface area contributed by atoms with E-state index in [-0.39, 0.29) is 5.41 Å². The molecule has 0 aliphatic rings. The first-order valence-electron chi connectivity index (χ1n) is 5.41. The Balaban J connectivity index is 2.74. The number of carboxylic acids is 1. The lowest BCUT2D eigenvalue weighted by molar-refractivity contribution is -0.139. The van der Waals surface area contributed by atoms with E-state index in [9.17, 15) is 4.79 Å². The monoisotopic (exact) mass is 221 g/mol. The Morgan fingerprint density at radius 1 is 1.31 bits per heavy atom. The van der Waals surface area contributed by atoms with Crippen LogP contribution in [-0.2, 0) is 4.79 Å². The summed E-state index contributed by atoms with van der Waals surface area (Å²) in [5, 5.41) is 12.2. The molecule has 0 saturated carbocycles. The Kier molecular flexibility index (Phi) is 4.07. The van der Waals surface area contributed by atoms with E-state index in [1.54, 1.807) is 0 Å². The molecule has 0 aliphatic heterocycles. The Bertz CT molecular complexity index is 341. The lowest BCUT2D eigenvalue weighted by Gasteiger charge is -2.22. The van der Waals surface area contributed by atoms with Crippen LogP contribution in [0.4, 0.5) is 0 Å². The molecule has 1 atom stereocenters. The van der Waals surface area contributed by atoms with Crippen molar-refractivity contribution in [3.05, 3.63) is 35.9 Å². The number of hydrogen-bond donors (Lipinski definition) is 2. The van der Waals surface area contributed by atoms with Gasteiger partial charge >= 0.3 is 5.97 Å². The van der Waals surface area contributed by atoms with Gasteiger partial charge in [0.25, 0.3) is 0 Å². The SMILES string of the molecule is CC(C)(C)CNC(C(=O)O)c1ccccc1. The molecule has 0 aliphatic carbocycles. The zero-order chi connectivity index (χ0) is 12.2. The van der Waals surface area contributed by atoms with Gasteiger partial charge < -0.3 is 10.4 Å². The van der Waals surface area contributed by atoms with Crippen molar-refractivity contribution in [1.82, 2.24) is 5.32 Å². The fourth-order valence-corrected chi connectivity index (χ4v) is 1.40. The van der Waals surface area contributed by atoms with Crippen molar-refractivity contribution in [1.29, 1.82) is 0 Å². The van der Waals surface area contributed by atoms with Gasteiger partial charge in [0.1, 0.15) is 6.04 Å². The first-order valence-corrected chi connectivity index (χ1v) is 5.41. The minimum atomic E-state index is -0.838. The standard InChI is InChI=1S/C13H19NO2/c1-13(2,3)9-14-11(12(15)16)10-7-5-4-6-8-10/h4-8,11,14H,9H2,1-3H3,(H,15,16). The first-order chi connectivity index (χ1) is 7.40. The van der Waals surface area contributed by atoms with E-state index in [1.807, 2.05) is 30.3 Å². The van der Waals surface area contributed by atoms with Crippen LogP contribution in [0.5, 0.6) is 0 Å². The van der Waals surface area contributed by atoms with Crippen LogP contribution in [0.2, 0.25) is 0 Å². The fourth-order valence-electron chi connectivity index (χ4n) is 1.40. The predicted octanol–water partition coefficient (Wildman–Crippen LogP) is 2.45. The molecule has 3 heteroatoms. The lowest BCUT2D eigenvalue weighted by Crippen LogP contribution is -2.34. The van der Waals surface area contributed by atoms with E-state index in [0.717, 1.165) is 5.56 Å². The molecule has 0 amide bonds. The van der Waals surface area contributed by atoms with Gasteiger partial charge in [-0.1, -0.05) is 51.1 Å². The van der Waals surface area contributed by atoms with E-state index >= 15 is 0 Å². The molecule has 1 unspecified atom stereocenters. The fraction of sp³-hybridized carbons (Fsp3) is 0.462. The van der Waals surface area contributed by atoms with Crippen molar-refractivity contribution in [2.24, 2.45) is 5.41 Å². The van der Waals surface area contributed by atoms with Crippen LogP contribution >= 0.6 is 0 Å². The number of aliphatic carboxylic acids is 1. The van der Waals surface area contributed by atoms with Crippen molar-refractivity contribution in [3.63, 3.8) is 0 Å². The van der Waals surface area contributed by atoms with Gasteiger partial charge in [-0.15, -0.1) is 0 Å². The van der Waals surface area contributed by atoms with E-state index < -0.39 is 12.0 Å². The van der Waals surface area contributed by atoms with Gasteiger partial charge in [-0.2, -0.15) is 0 Å². The maximum Gasteiger partial charge on any atom is 0.325 e. The van der Waals surface area contributed by atoms with Crippen LogP contribution in [0.15, 0.2) is 30.3 Å². The third-order valence-corrected chi connectivity index (χ3v) is 2.22. The van der Waals surface area contributed by atoms with Gasteiger partial charge in [0, 0.05) is 6.54 Å². The zero-order valence-corrected chi connectivity index (χ0v) is 10.0. The Morgan fingerprint density at radius 3 is 2.31 bits per heavy atom. The molecule has 0 saturated heterocycles. The van der Waals surface area contributed by atoms with E-state index in [1.165, 1.54) is 0 Å². The summed E-state index contributed by atoms with van der Waals surface area (Å²) in [6.45, 7) is 6.89. The molecule has 1 aromatic rings. The molecule has 0 fully saturated rings. The van der Waals surface area contributed by atoms with E-state index in [4.69, 9.17) is 5.11 Å². The van der Waals surface area contributed by atoms with Crippen molar-refractivity contribution in [3.8, 4) is 0 Å². The molecule has 0 heterocycles. The van der Waals surface area contributed by atoms with Crippen LogP contribution in [0.1, 0.15) is 32.4 Å². The summed E-state index contributed by atoms with van der Waals surface area (Å²) < 4.78 is 0. The van der Waals surface area contributed by atoms with Gasteiger partial charge in [0.05, 0.1) is 0 Å². The van der Waals surface area contributed by atoms with Gasteiger partial charge in [0.2, 0.25) is 0 Å². The quantitative estimate of drug-likeness (QED) is 0.821. The molecule has 0 spiro atoms. The zero-order valence-electron chi connectivity index (χ0n) is 10.0. The van der Waals surface area contributed by atoms with Crippen LogP contribution in [0.25, 0.3) is 0 Å². The van der Waals surface area contributed by atoms with Gasteiger partial charge in [-0.25, -0.2) is 0 Å². The summed E-state index contributed by atoms with van der Waals surface area (Å²) >= 11 is 0. The van der Waals surface area contributed by atoms with E-state index in [0.29, 0.717) is 6.54 Å². The molecule has 16 heavy (non-hydrogen) atoms. The third kappa shape index (κ3) is 4.03. The lowest BCUT2D eigenvalue weighted by atomic mass is 9.96. The number of carboxylic acid groups (broad SMARTS) is 1. The number of benzene rings is 1. The highest BCUT2D eigenvalue weighted by Crippen LogP contribution is 2.16. The summed E-state index contributed by atoms with van der Waals surface area (Å²) in [5.41, 5.74) is 0.863. The van der Waals surface area contributed by atoms with Gasteiger partial charge in [-0.05, 0) is 11.0 Å². The molecule has 0 bridgehead atoms. The molecular weight excluding hydrogens is 202 g/mol. The van der Waals surface area contributed by atoms with Crippen molar-refractivity contribution in [2.75, 3.05) is 6.54 Å². The van der Waals surface area contributed by atoms with Crippen molar-refractivity contribution in [2.45, 2.75) is 26.8 Å². The molecule has 0 aromatic heterocycles. The Labute approximate surface area is 96.5 Å². The van der Waals surface area contributed by atoms with Gasteiger partial charge in [-0.3, -0.25) is 4.79 Å².